The molecule has 0 bridgehead atoms. The first-order valence-electron chi connectivity index (χ1n) is 6.66. The molecule has 1 rings (SSSR count). The van der Waals surface area contributed by atoms with Crippen molar-refractivity contribution in [1.29, 1.82) is 0 Å². The number of nitrogens with one attached hydrogen (secondary N) is 1. The van der Waals surface area contributed by atoms with E-state index in [0.717, 1.165) is 23.4 Å². The summed E-state index contributed by atoms with van der Waals surface area (Å²) in [6, 6.07) is -0.463. The summed E-state index contributed by atoms with van der Waals surface area (Å²) in [5.74, 6) is 1.43. The van der Waals surface area contributed by atoms with E-state index in [1.807, 2.05) is 20.2 Å². The molecule has 0 saturated carbocycles. The molecule has 1 aromatic rings. The van der Waals surface area contributed by atoms with Crippen molar-refractivity contribution in [2.45, 2.75) is 32.4 Å². The lowest BCUT2D eigenvalue weighted by Crippen LogP contribution is -2.40. The van der Waals surface area contributed by atoms with E-state index >= 15 is 0 Å². The lowest BCUT2D eigenvalue weighted by Gasteiger charge is -2.12. The molecule has 1 unspecified atom stereocenters. The van der Waals surface area contributed by atoms with E-state index in [1.165, 1.54) is 0 Å². The van der Waals surface area contributed by atoms with Crippen LogP contribution >= 0.6 is 11.8 Å². The summed E-state index contributed by atoms with van der Waals surface area (Å²) in [5, 5.41) is 7.24. The minimum Gasteiger partial charge on any atom is -0.481 e. The molecule has 1 aromatic heterocycles. The predicted octanol–water partition coefficient (Wildman–Crippen LogP) is 0.688. The number of hydrogen-bond donors (Lipinski definition) is 2. The zero-order valence-corrected chi connectivity index (χ0v) is 13.4. The zero-order valence-electron chi connectivity index (χ0n) is 12.6. The maximum Gasteiger partial charge on any atom is 0.237 e. The zero-order chi connectivity index (χ0) is 15.1. The van der Waals surface area contributed by atoms with E-state index in [0.29, 0.717) is 18.8 Å². The van der Waals surface area contributed by atoms with E-state index in [-0.39, 0.29) is 5.91 Å². The van der Waals surface area contributed by atoms with Gasteiger partial charge in [0, 0.05) is 7.05 Å². The van der Waals surface area contributed by atoms with Crippen molar-refractivity contribution in [3.05, 3.63) is 11.3 Å². The van der Waals surface area contributed by atoms with Gasteiger partial charge in [0.1, 0.15) is 0 Å². The number of aryl methyl sites for hydroxylation is 2. The summed E-state index contributed by atoms with van der Waals surface area (Å²) in [7, 11) is 3.43. The molecule has 0 aromatic carbocycles. The number of thioether (sulfide) groups is 1. The van der Waals surface area contributed by atoms with Crippen LogP contribution in [0, 0.1) is 0 Å². The van der Waals surface area contributed by atoms with Crippen LogP contribution < -0.4 is 15.8 Å². The topological polar surface area (TPSA) is 82.2 Å². The fourth-order valence-electron chi connectivity index (χ4n) is 2.01. The number of amides is 1. The molecule has 7 heteroatoms. The van der Waals surface area contributed by atoms with Crippen molar-refractivity contribution in [2.75, 3.05) is 19.1 Å². The molecule has 0 radical (unpaired) electrons. The van der Waals surface area contributed by atoms with Crippen molar-refractivity contribution >= 4 is 17.7 Å². The number of aromatic nitrogens is 2. The number of hydrogen-bond acceptors (Lipinski definition) is 5. The molecule has 0 aliphatic carbocycles. The lowest BCUT2D eigenvalue weighted by molar-refractivity contribution is -0.122. The average Bonchev–Trinajstić information content (AvgIpc) is 2.76. The molecule has 0 aliphatic heterocycles. The van der Waals surface area contributed by atoms with Gasteiger partial charge in [-0.3, -0.25) is 4.79 Å². The number of carbonyl (C=O) groups is 1. The van der Waals surface area contributed by atoms with Crippen LogP contribution in [0.25, 0.3) is 0 Å². The molecule has 6 nitrogen and oxygen atoms in total. The van der Waals surface area contributed by atoms with Gasteiger partial charge >= 0.3 is 0 Å². The van der Waals surface area contributed by atoms with Gasteiger partial charge in [-0.1, -0.05) is 6.92 Å². The van der Waals surface area contributed by atoms with E-state index in [1.54, 1.807) is 23.6 Å². The summed E-state index contributed by atoms with van der Waals surface area (Å²) in [6.07, 6.45) is 3.47. The van der Waals surface area contributed by atoms with Gasteiger partial charge in [-0.2, -0.15) is 16.9 Å². The quantitative estimate of drug-likeness (QED) is 0.738. The Morgan fingerprint density at radius 1 is 1.60 bits per heavy atom. The SMILES string of the molecule is CCc1nn(C)c(OC)c1CNC(=O)C(N)CCSC. The third-order valence-electron chi connectivity index (χ3n) is 3.11. The molecule has 1 amide bonds. The van der Waals surface area contributed by atoms with E-state index < -0.39 is 6.04 Å². The van der Waals surface area contributed by atoms with Gasteiger partial charge in [-0.15, -0.1) is 0 Å². The minimum absolute atomic E-state index is 0.132. The Morgan fingerprint density at radius 3 is 2.85 bits per heavy atom. The highest BCUT2D eigenvalue weighted by Crippen LogP contribution is 2.21. The fourth-order valence-corrected chi connectivity index (χ4v) is 2.49. The Morgan fingerprint density at radius 2 is 2.30 bits per heavy atom. The smallest absolute Gasteiger partial charge is 0.237 e. The number of rotatable bonds is 8. The van der Waals surface area contributed by atoms with Crippen molar-refractivity contribution < 1.29 is 9.53 Å². The Labute approximate surface area is 124 Å². The van der Waals surface area contributed by atoms with Crippen LogP contribution in [0.3, 0.4) is 0 Å². The van der Waals surface area contributed by atoms with Crippen molar-refractivity contribution in [3.63, 3.8) is 0 Å². The van der Waals surface area contributed by atoms with E-state index in [9.17, 15) is 4.79 Å². The fraction of sp³-hybridized carbons (Fsp3) is 0.692. The van der Waals surface area contributed by atoms with Gasteiger partial charge in [0.25, 0.3) is 0 Å². The van der Waals surface area contributed by atoms with Crippen LogP contribution in [0.4, 0.5) is 0 Å². The van der Waals surface area contributed by atoms with E-state index in [4.69, 9.17) is 10.5 Å². The predicted molar refractivity (Wildman–Crippen MR) is 82.0 cm³/mol. The van der Waals surface area contributed by atoms with Crippen LogP contribution in [-0.2, 0) is 24.8 Å². The number of methoxy groups -OCH3 is 1. The van der Waals surface area contributed by atoms with Crippen LogP contribution in [0.15, 0.2) is 0 Å². The normalized spacial score (nSPS) is 12.2. The summed E-state index contributed by atoms with van der Waals surface area (Å²) < 4.78 is 7.02. The second kappa shape index (κ2) is 8.16. The second-order valence-corrected chi connectivity index (χ2v) is 5.50. The molecule has 3 N–H and O–H groups in total. The van der Waals surface area contributed by atoms with Gasteiger partial charge in [0.05, 0.1) is 31.0 Å². The molecular weight excluding hydrogens is 276 g/mol. The third-order valence-corrected chi connectivity index (χ3v) is 3.75. The molecular formula is C13H24N4O2S. The van der Waals surface area contributed by atoms with Crippen LogP contribution in [0.2, 0.25) is 0 Å². The van der Waals surface area contributed by atoms with Crippen LogP contribution in [-0.4, -0.2) is 40.8 Å². The Bertz CT molecular complexity index is 448. The molecule has 20 heavy (non-hydrogen) atoms. The van der Waals surface area contributed by atoms with Crippen LogP contribution in [0.5, 0.6) is 5.88 Å². The molecule has 114 valence electrons. The summed E-state index contributed by atoms with van der Waals surface area (Å²) >= 11 is 1.68. The first kappa shape index (κ1) is 16.8. The van der Waals surface area contributed by atoms with Gasteiger partial charge in [-0.25, -0.2) is 4.68 Å². The highest BCUT2D eigenvalue weighted by molar-refractivity contribution is 7.98. The third kappa shape index (κ3) is 4.14. The number of carbonyl (C=O) groups excluding carboxylic acids is 1. The molecule has 0 fully saturated rings. The lowest BCUT2D eigenvalue weighted by atomic mass is 10.2. The van der Waals surface area contributed by atoms with Gasteiger partial charge < -0.3 is 15.8 Å². The number of nitrogens with two attached hydrogens (primary N) is 1. The Kier molecular flexibility index (Phi) is 6.87. The van der Waals surface area contributed by atoms with Crippen molar-refractivity contribution in [1.82, 2.24) is 15.1 Å². The van der Waals surface area contributed by atoms with Crippen molar-refractivity contribution in [3.8, 4) is 5.88 Å². The number of ether oxygens (including phenoxy) is 1. The first-order valence-corrected chi connectivity index (χ1v) is 8.05. The Hall–Kier alpha value is -1.21. The Balaban J connectivity index is 2.67. The van der Waals surface area contributed by atoms with Gasteiger partial charge in [-0.05, 0) is 24.9 Å². The van der Waals surface area contributed by atoms with Gasteiger partial charge in [0.2, 0.25) is 11.8 Å². The molecule has 0 aliphatic rings. The van der Waals surface area contributed by atoms with E-state index in [2.05, 4.69) is 10.4 Å². The van der Waals surface area contributed by atoms with Gasteiger partial charge in [0.15, 0.2) is 0 Å². The highest BCUT2D eigenvalue weighted by atomic mass is 32.2. The molecule has 0 spiro atoms. The highest BCUT2D eigenvalue weighted by Gasteiger charge is 2.18. The molecule has 1 heterocycles. The molecule has 1 atom stereocenters. The maximum absolute atomic E-state index is 11.9. The summed E-state index contributed by atoms with van der Waals surface area (Å²) in [6.45, 7) is 2.42. The number of nitrogens with zero attached hydrogens (tertiary/aromatic N) is 2. The molecule has 0 saturated heterocycles. The summed E-state index contributed by atoms with van der Waals surface area (Å²) in [4.78, 5) is 11.9. The van der Waals surface area contributed by atoms with Crippen LogP contribution in [0.1, 0.15) is 24.6 Å². The largest absolute Gasteiger partial charge is 0.481 e. The first-order chi connectivity index (χ1) is 9.54. The average molecular weight is 300 g/mol. The van der Waals surface area contributed by atoms with Crippen molar-refractivity contribution in [2.24, 2.45) is 12.8 Å². The minimum atomic E-state index is -0.463. The second-order valence-electron chi connectivity index (χ2n) is 4.52. The monoisotopic (exact) mass is 300 g/mol. The maximum atomic E-state index is 11.9. The standard InChI is InChI=1S/C13H24N4O2S/c1-5-11-9(13(19-3)17(2)16-11)8-15-12(18)10(14)6-7-20-4/h10H,5-8,14H2,1-4H3,(H,15,18). The summed E-state index contributed by atoms with van der Waals surface area (Å²) in [5.41, 5.74) is 7.69.